The highest BCUT2D eigenvalue weighted by Gasteiger charge is 2.56. The predicted molar refractivity (Wildman–Crippen MR) is 97.4 cm³/mol. The number of thiophene rings is 1. The first kappa shape index (κ1) is 15.2. The molecule has 4 aliphatic heterocycles. The van der Waals surface area contributed by atoms with Crippen molar-refractivity contribution in [2.45, 2.75) is 32.1 Å². The zero-order chi connectivity index (χ0) is 17.3. The minimum absolute atomic E-state index is 0.281. The summed E-state index contributed by atoms with van der Waals surface area (Å²) in [5.74, 6) is 1.57. The van der Waals surface area contributed by atoms with E-state index in [4.69, 9.17) is 15.5 Å². The zero-order valence-electron chi connectivity index (χ0n) is 14.4. The van der Waals surface area contributed by atoms with E-state index in [9.17, 15) is 5.26 Å². The van der Waals surface area contributed by atoms with Gasteiger partial charge in [0.2, 0.25) is 5.88 Å². The molecular weight excluding hydrogens is 332 g/mol. The highest BCUT2D eigenvalue weighted by molar-refractivity contribution is 7.19. The summed E-state index contributed by atoms with van der Waals surface area (Å²) < 4.78 is 6.03. The quantitative estimate of drug-likeness (QED) is 0.789. The molecule has 128 valence electrons. The molecule has 0 saturated carbocycles. The first-order valence-corrected chi connectivity index (χ1v) is 9.58. The van der Waals surface area contributed by atoms with Crippen LogP contribution >= 0.6 is 11.3 Å². The van der Waals surface area contributed by atoms with Gasteiger partial charge in [-0.05, 0) is 57.3 Å². The van der Waals surface area contributed by atoms with Crippen molar-refractivity contribution in [3.05, 3.63) is 33.7 Å². The van der Waals surface area contributed by atoms with Crippen LogP contribution in [0.5, 0.6) is 5.75 Å². The lowest BCUT2D eigenvalue weighted by Crippen LogP contribution is -2.59. The van der Waals surface area contributed by atoms with Crippen molar-refractivity contribution in [1.82, 2.24) is 9.88 Å². The number of nitriles is 1. The fourth-order valence-corrected chi connectivity index (χ4v) is 6.55. The number of hydrogen-bond acceptors (Lipinski definition) is 6. The Labute approximate surface area is 150 Å². The van der Waals surface area contributed by atoms with Crippen molar-refractivity contribution in [3.63, 3.8) is 0 Å². The summed E-state index contributed by atoms with van der Waals surface area (Å²) in [6.07, 6.45) is 2.22. The maximum atomic E-state index is 9.91. The van der Waals surface area contributed by atoms with Gasteiger partial charge in [-0.15, -0.1) is 11.3 Å². The fraction of sp³-hybridized carbons (Fsp3) is 0.474. The molecule has 0 aliphatic carbocycles. The third-order valence-corrected chi connectivity index (χ3v) is 7.37. The largest absolute Gasteiger partial charge is 0.439 e. The van der Waals surface area contributed by atoms with Crippen LogP contribution in [0.3, 0.4) is 0 Å². The molecular formula is C19H20N4OS. The van der Waals surface area contributed by atoms with Crippen molar-refractivity contribution >= 4 is 21.6 Å². The normalized spacial score (nSPS) is 30.4. The average Bonchev–Trinajstić information content (AvgIpc) is 2.95. The summed E-state index contributed by atoms with van der Waals surface area (Å²) in [4.78, 5) is 9.36. The molecule has 1 unspecified atom stereocenters. The van der Waals surface area contributed by atoms with E-state index in [1.54, 1.807) is 11.3 Å². The number of aromatic nitrogens is 1. The Bertz CT molecular complexity index is 977. The van der Waals surface area contributed by atoms with Crippen LogP contribution in [-0.2, 0) is 5.41 Å². The van der Waals surface area contributed by atoms with E-state index in [2.05, 4.69) is 24.0 Å². The highest BCUT2D eigenvalue weighted by atomic mass is 32.1. The molecule has 5 nitrogen and oxygen atoms in total. The van der Waals surface area contributed by atoms with Crippen LogP contribution in [0.25, 0.3) is 10.2 Å². The first-order chi connectivity index (χ1) is 12.0. The topological polar surface area (TPSA) is 75.2 Å². The van der Waals surface area contributed by atoms with E-state index in [-0.39, 0.29) is 11.3 Å². The molecule has 6 heterocycles. The van der Waals surface area contributed by atoms with E-state index < -0.39 is 0 Å². The Hall–Kier alpha value is -2.10. The second kappa shape index (κ2) is 4.96. The summed E-state index contributed by atoms with van der Waals surface area (Å²) >= 11 is 1.69. The summed E-state index contributed by atoms with van der Waals surface area (Å²) in [5.41, 5.74) is 8.73. The number of aryl methyl sites for hydroxylation is 2. The second-order valence-corrected chi connectivity index (χ2v) is 8.49. The van der Waals surface area contributed by atoms with E-state index in [1.165, 1.54) is 0 Å². The summed E-state index contributed by atoms with van der Waals surface area (Å²) in [5, 5.41) is 11.0. The number of nitrogens with zero attached hydrogens (tertiary/aromatic N) is 3. The van der Waals surface area contributed by atoms with Crippen molar-refractivity contribution in [1.29, 1.82) is 5.26 Å². The first-order valence-electron chi connectivity index (χ1n) is 8.76. The molecule has 4 aliphatic rings. The average molecular weight is 352 g/mol. The SMILES string of the molecule is Cc1cc(C)c2c3c(sc2n1)C1(CN2CCC1CC2)C(C#N)=C(N)O3. The summed E-state index contributed by atoms with van der Waals surface area (Å²) in [6, 6.07) is 4.48. The molecule has 3 fully saturated rings. The lowest BCUT2D eigenvalue weighted by molar-refractivity contribution is 0.0410. The fourth-order valence-electron chi connectivity index (χ4n) is 5.06. The van der Waals surface area contributed by atoms with Crippen LogP contribution in [0.2, 0.25) is 0 Å². The van der Waals surface area contributed by atoms with Crippen molar-refractivity contribution in [2.24, 2.45) is 11.7 Å². The number of fused-ring (bicyclic) bond motifs is 5. The number of nitrogens with two attached hydrogens (primary N) is 1. The van der Waals surface area contributed by atoms with Gasteiger partial charge >= 0.3 is 0 Å². The van der Waals surface area contributed by atoms with Crippen LogP contribution in [0.1, 0.15) is 29.0 Å². The zero-order valence-corrected chi connectivity index (χ0v) is 15.2. The third kappa shape index (κ3) is 1.83. The number of rotatable bonds is 0. The van der Waals surface area contributed by atoms with Gasteiger partial charge in [0.1, 0.15) is 16.5 Å². The van der Waals surface area contributed by atoms with Gasteiger partial charge in [-0.3, -0.25) is 0 Å². The Morgan fingerprint density at radius 3 is 2.80 bits per heavy atom. The minimum Gasteiger partial charge on any atom is -0.439 e. The van der Waals surface area contributed by atoms with E-state index in [1.807, 2.05) is 6.92 Å². The number of ether oxygens (including phenoxy) is 1. The van der Waals surface area contributed by atoms with Crippen LogP contribution in [0, 0.1) is 31.1 Å². The van der Waals surface area contributed by atoms with Gasteiger partial charge in [-0.25, -0.2) is 4.98 Å². The molecule has 2 aromatic heterocycles. The molecule has 25 heavy (non-hydrogen) atoms. The monoisotopic (exact) mass is 352 g/mol. The molecule has 6 heteroatoms. The molecule has 2 aromatic rings. The van der Waals surface area contributed by atoms with Gasteiger partial charge in [-0.1, -0.05) is 0 Å². The predicted octanol–water partition coefficient (Wildman–Crippen LogP) is 2.96. The van der Waals surface area contributed by atoms with Crippen molar-refractivity contribution in [2.75, 3.05) is 19.6 Å². The van der Waals surface area contributed by atoms with Crippen LogP contribution in [-0.4, -0.2) is 29.5 Å². The Morgan fingerprint density at radius 1 is 1.40 bits per heavy atom. The van der Waals surface area contributed by atoms with Gasteiger partial charge in [0.25, 0.3) is 0 Å². The highest BCUT2D eigenvalue weighted by Crippen LogP contribution is 2.58. The van der Waals surface area contributed by atoms with Gasteiger partial charge < -0.3 is 15.4 Å². The van der Waals surface area contributed by atoms with Gasteiger partial charge in [0.15, 0.2) is 5.75 Å². The van der Waals surface area contributed by atoms with E-state index in [0.29, 0.717) is 11.5 Å². The lowest BCUT2D eigenvalue weighted by atomic mass is 9.61. The molecule has 0 aromatic carbocycles. The molecule has 1 atom stereocenters. The molecule has 3 saturated heterocycles. The third-order valence-electron chi connectivity index (χ3n) is 6.12. The van der Waals surface area contributed by atoms with Crippen molar-refractivity contribution < 1.29 is 4.74 Å². The van der Waals surface area contributed by atoms with Gasteiger partial charge in [-0.2, -0.15) is 5.26 Å². The van der Waals surface area contributed by atoms with E-state index >= 15 is 0 Å². The molecule has 1 spiro atoms. The van der Waals surface area contributed by atoms with Crippen LogP contribution in [0.15, 0.2) is 17.5 Å². The molecule has 6 rings (SSSR count). The summed E-state index contributed by atoms with van der Waals surface area (Å²) in [7, 11) is 0. The second-order valence-electron chi connectivity index (χ2n) is 7.50. The standard InChI is InChI=1S/C19H20N4OS/c1-10-7-11(2)22-18-14(10)15-16(25-18)19(13(8-20)17(21)24-15)9-23-5-3-12(19)4-6-23/h7,12H,3-6,9,21H2,1-2H3. The minimum atomic E-state index is -0.325. The molecule has 0 amide bonds. The Balaban J connectivity index is 1.85. The van der Waals surface area contributed by atoms with E-state index in [0.717, 1.165) is 64.6 Å². The van der Waals surface area contributed by atoms with Crippen LogP contribution in [0.4, 0.5) is 0 Å². The molecule has 0 radical (unpaired) electrons. The van der Waals surface area contributed by atoms with Gasteiger partial charge in [0.05, 0.1) is 15.7 Å². The number of piperidine rings is 3. The molecule has 2 bridgehead atoms. The Morgan fingerprint density at radius 2 is 2.16 bits per heavy atom. The summed E-state index contributed by atoms with van der Waals surface area (Å²) in [6.45, 7) is 7.20. The smallest absolute Gasteiger partial charge is 0.205 e. The lowest BCUT2D eigenvalue weighted by Gasteiger charge is -2.53. The number of pyridine rings is 1. The Kier molecular flexibility index (Phi) is 3.01. The maximum Gasteiger partial charge on any atom is 0.205 e. The maximum absolute atomic E-state index is 9.91. The molecule has 2 N–H and O–H groups in total. The van der Waals surface area contributed by atoms with Gasteiger partial charge in [0, 0.05) is 12.2 Å². The van der Waals surface area contributed by atoms with Crippen LogP contribution < -0.4 is 10.5 Å². The number of hydrogen-bond donors (Lipinski definition) is 1. The van der Waals surface area contributed by atoms with Crippen molar-refractivity contribution in [3.8, 4) is 11.8 Å².